The first-order valence-corrected chi connectivity index (χ1v) is 6.75. The van der Waals surface area contributed by atoms with Gasteiger partial charge in [-0.3, -0.25) is 0 Å². The highest BCUT2D eigenvalue weighted by molar-refractivity contribution is 7.80. The van der Waals surface area contributed by atoms with E-state index in [0.29, 0.717) is 0 Å². The molecule has 1 aliphatic rings. The lowest BCUT2D eigenvalue weighted by Gasteiger charge is -2.25. The van der Waals surface area contributed by atoms with Gasteiger partial charge < -0.3 is 10.6 Å². The van der Waals surface area contributed by atoms with E-state index in [-0.39, 0.29) is 0 Å². The monoisotopic (exact) mass is 228 g/mol. The normalized spacial score (nSPS) is 17.3. The van der Waals surface area contributed by atoms with Crippen molar-refractivity contribution >= 4 is 17.3 Å². The molecule has 2 N–H and O–H groups in total. The third-order valence-electron chi connectivity index (χ3n) is 3.07. The summed E-state index contributed by atoms with van der Waals surface area (Å²) in [5.74, 6) is 0.780. The van der Waals surface area contributed by atoms with E-state index in [4.69, 9.17) is 12.2 Å². The maximum Gasteiger partial charge on any atom is 0.166 e. The number of hydrogen-bond acceptors (Lipinski definition) is 1. The summed E-state index contributed by atoms with van der Waals surface area (Å²) >= 11 is 5.02. The van der Waals surface area contributed by atoms with Crippen LogP contribution in [0.25, 0.3) is 0 Å². The van der Waals surface area contributed by atoms with Gasteiger partial charge in [-0.25, -0.2) is 0 Å². The molecule has 0 aromatic carbocycles. The summed E-state index contributed by atoms with van der Waals surface area (Å²) in [5, 5.41) is 7.26. The first-order valence-electron chi connectivity index (χ1n) is 6.34. The van der Waals surface area contributed by atoms with E-state index in [9.17, 15) is 0 Å². The van der Waals surface area contributed by atoms with E-state index in [2.05, 4.69) is 17.6 Å². The number of rotatable bonds is 7. The zero-order valence-corrected chi connectivity index (χ0v) is 10.7. The first-order chi connectivity index (χ1) is 7.33. The van der Waals surface area contributed by atoms with Crippen LogP contribution in [0.3, 0.4) is 0 Å². The van der Waals surface area contributed by atoms with Crippen molar-refractivity contribution in [3.63, 3.8) is 0 Å². The highest BCUT2D eigenvalue weighted by atomic mass is 32.1. The largest absolute Gasteiger partial charge is 0.362 e. The summed E-state index contributed by atoms with van der Waals surface area (Å²) in [6.45, 7) is 4.41. The standard InChI is InChI=1S/C12H24N2S/c1-2-3-4-5-6-7-8-11-9-13-12(15)14-10-11/h11H,2-10H2,1H3,(H2,13,14,15). The fourth-order valence-electron chi connectivity index (χ4n) is 2.03. The molecule has 0 radical (unpaired) electrons. The molecule has 15 heavy (non-hydrogen) atoms. The van der Waals surface area contributed by atoms with E-state index in [1.54, 1.807) is 0 Å². The predicted molar refractivity (Wildman–Crippen MR) is 70.1 cm³/mol. The van der Waals surface area contributed by atoms with Gasteiger partial charge in [0.15, 0.2) is 5.11 Å². The summed E-state index contributed by atoms with van der Waals surface area (Å²) in [6.07, 6.45) is 9.70. The van der Waals surface area contributed by atoms with Crippen molar-refractivity contribution < 1.29 is 0 Å². The van der Waals surface area contributed by atoms with Crippen molar-refractivity contribution in [3.05, 3.63) is 0 Å². The molecule has 0 saturated carbocycles. The van der Waals surface area contributed by atoms with Crippen molar-refractivity contribution in [2.45, 2.75) is 51.9 Å². The lowest BCUT2D eigenvalue weighted by atomic mass is 9.99. The minimum Gasteiger partial charge on any atom is -0.362 e. The fourth-order valence-corrected chi connectivity index (χ4v) is 2.19. The van der Waals surface area contributed by atoms with Crippen LogP contribution in [0.2, 0.25) is 0 Å². The van der Waals surface area contributed by atoms with Gasteiger partial charge in [-0.15, -0.1) is 0 Å². The molecule has 0 amide bonds. The third-order valence-corrected chi connectivity index (χ3v) is 3.36. The maximum atomic E-state index is 5.02. The molecule has 2 nitrogen and oxygen atoms in total. The molecule has 88 valence electrons. The second-order valence-electron chi connectivity index (χ2n) is 4.51. The molecule has 1 fully saturated rings. The van der Waals surface area contributed by atoms with Crippen LogP contribution in [-0.4, -0.2) is 18.2 Å². The van der Waals surface area contributed by atoms with Crippen molar-refractivity contribution in [3.8, 4) is 0 Å². The molecule has 0 bridgehead atoms. The minimum atomic E-state index is 0.780. The van der Waals surface area contributed by atoms with Crippen LogP contribution in [0, 0.1) is 5.92 Å². The lowest BCUT2D eigenvalue weighted by molar-refractivity contribution is 0.419. The van der Waals surface area contributed by atoms with Crippen LogP contribution in [-0.2, 0) is 0 Å². The number of nitrogens with one attached hydrogen (secondary N) is 2. The average Bonchev–Trinajstić information content (AvgIpc) is 2.26. The van der Waals surface area contributed by atoms with Gasteiger partial charge in [0.2, 0.25) is 0 Å². The van der Waals surface area contributed by atoms with Crippen LogP contribution in [0.5, 0.6) is 0 Å². The van der Waals surface area contributed by atoms with Gasteiger partial charge >= 0.3 is 0 Å². The van der Waals surface area contributed by atoms with Gasteiger partial charge in [0.25, 0.3) is 0 Å². The van der Waals surface area contributed by atoms with Crippen LogP contribution in [0.1, 0.15) is 51.9 Å². The van der Waals surface area contributed by atoms with Gasteiger partial charge in [0, 0.05) is 13.1 Å². The fraction of sp³-hybridized carbons (Fsp3) is 0.917. The third kappa shape index (κ3) is 5.98. The summed E-state index contributed by atoms with van der Waals surface area (Å²) < 4.78 is 0. The molecule has 1 aliphatic heterocycles. The molecular weight excluding hydrogens is 204 g/mol. The topological polar surface area (TPSA) is 24.1 Å². The van der Waals surface area contributed by atoms with Crippen molar-refractivity contribution in [2.24, 2.45) is 5.92 Å². The highest BCUT2D eigenvalue weighted by Crippen LogP contribution is 2.12. The van der Waals surface area contributed by atoms with Gasteiger partial charge in [-0.2, -0.15) is 0 Å². The maximum absolute atomic E-state index is 5.02. The molecule has 0 aromatic heterocycles. The summed E-state index contributed by atoms with van der Waals surface area (Å²) in [5.41, 5.74) is 0. The van der Waals surface area contributed by atoms with Crippen molar-refractivity contribution in [1.29, 1.82) is 0 Å². The Balaban J connectivity index is 1.89. The second kappa shape index (κ2) is 7.91. The van der Waals surface area contributed by atoms with Crippen LogP contribution >= 0.6 is 12.2 Å². The number of thiocarbonyl (C=S) groups is 1. The minimum absolute atomic E-state index is 0.780. The summed E-state index contributed by atoms with van der Waals surface area (Å²) in [7, 11) is 0. The lowest BCUT2D eigenvalue weighted by Crippen LogP contribution is -2.47. The predicted octanol–water partition coefficient (Wildman–Crippen LogP) is 2.83. The van der Waals surface area contributed by atoms with Gasteiger partial charge in [-0.1, -0.05) is 45.4 Å². The van der Waals surface area contributed by atoms with Gasteiger partial charge in [0.05, 0.1) is 0 Å². The zero-order valence-electron chi connectivity index (χ0n) is 9.85. The molecule has 0 atom stereocenters. The Labute approximate surface area is 99.2 Å². The molecule has 0 spiro atoms. The SMILES string of the molecule is CCCCCCCCC1CNC(=S)NC1. The van der Waals surface area contributed by atoms with Crippen LogP contribution in [0.4, 0.5) is 0 Å². The molecule has 1 heterocycles. The molecule has 1 saturated heterocycles. The Morgan fingerprint density at radius 3 is 2.33 bits per heavy atom. The van der Waals surface area contributed by atoms with Crippen molar-refractivity contribution in [1.82, 2.24) is 10.6 Å². The van der Waals surface area contributed by atoms with Crippen LogP contribution in [0.15, 0.2) is 0 Å². The van der Waals surface area contributed by atoms with E-state index in [0.717, 1.165) is 24.1 Å². The Morgan fingerprint density at radius 2 is 1.67 bits per heavy atom. The Hall–Kier alpha value is -0.310. The average molecular weight is 228 g/mol. The molecule has 1 rings (SSSR count). The second-order valence-corrected chi connectivity index (χ2v) is 4.92. The van der Waals surface area contributed by atoms with Gasteiger partial charge in [-0.05, 0) is 24.6 Å². The van der Waals surface area contributed by atoms with Crippen molar-refractivity contribution in [2.75, 3.05) is 13.1 Å². The molecule has 0 aromatic rings. The molecule has 0 aliphatic carbocycles. The molecular formula is C12H24N2S. The summed E-state index contributed by atoms with van der Waals surface area (Å²) in [4.78, 5) is 0. The summed E-state index contributed by atoms with van der Waals surface area (Å²) in [6, 6.07) is 0. The molecule has 0 unspecified atom stereocenters. The van der Waals surface area contributed by atoms with Gasteiger partial charge in [0.1, 0.15) is 0 Å². The van der Waals surface area contributed by atoms with E-state index >= 15 is 0 Å². The van der Waals surface area contributed by atoms with Crippen LogP contribution < -0.4 is 10.6 Å². The van der Waals surface area contributed by atoms with E-state index in [1.165, 1.54) is 44.9 Å². The smallest absolute Gasteiger partial charge is 0.166 e. The highest BCUT2D eigenvalue weighted by Gasteiger charge is 2.13. The molecule has 3 heteroatoms. The first kappa shape index (κ1) is 12.8. The number of hydrogen-bond donors (Lipinski definition) is 2. The Morgan fingerprint density at radius 1 is 1.07 bits per heavy atom. The Bertz CT molecular complexity index is 172. The van der Waals surface area contributed by atoms with E-state index in [1.807, 2.05) is 0 Å². The van der Waals surface area contributed by atoms with E-state index < -0.39 is 0 Å². The Kier molecular flexibility index (Phi) is 6.73. The zero-order chi connectivity index (χ0) is 10.9. The quantitative estimate of drug-likeness (QED) is 0.517. The number of unbranched alkanes of at least 4 members (excludes halogenated alkanes) is 5.